The second-order valence-electron chi connectivity index (χ2n) is 6.01. The summed E-state index contributed by atoms with van der Waals surface area (Å²) >= 11 is 0. The average Bonchev–Trinajstić information content (AvgIpc) is 2.45. The van der Waals surface area contributed by atoms with E-state index in [0.717, 1.165) is 51.9 Å². The predicted octanol–water partition coefficient (Wildman–Crippen LogP) is 0.579. The summed E-state index contributed by atoms with van der Waals surface area (Å²) in [5, 5.41) is 3.30. The van der Waals surface area contributed by atoms with Gasteiger partial charge in [0.25, 0.3) is 10.2 Å². The van der Waals surface area contributed by atoms with Gasteiger partial charge in [0, 0.05) is 33.2 Å². The lowest BCUT2D eigenvalue weighted by Crippen LogP contribution is -2.51. The zero-order chi connectivity index (χ0) is 15.9. The highest BCUT2D eigenvalue weighted by atomic mass is 32.2. The van der Waals surface area contributed by atoms with Gasteiger partial charge in [-0.2, -0.15) is 17.0 Å². The number of nitrogens with one attached hydrogen (secondary N) is 1. The number of hydrogen-bond acceptors (Lipinski definition) is 4. The van der Waals surface area contributed by atoms with Crippen LogP contribution in [0.1, 0.15) is 32.6 Å². The van der Waals surface area contributed by atoms with Crippen molar-refractivity contribution in [3.05, 3.63) is 0 Å². The first-order valence-electron chi connectivity index (χ1n) is 7.98. The Labute approximate surface area is 130 Å². The van der Waals surface area contributed by atoms with Gasteiger partial charge >= 0.3 is 0 Å². The predicted molar refractivity (Wildman–Crippen MR) is 87.6 cm³/mol. The van der Waals surface area contributed by atoms with Crippen molar-refractivity contribution in [2.75, 3.05) is 53.9 Å². The van der Waals surface area contributed by atoms with Crippen LogP contribution in [0.4, 0.5) is 0 Å². The van der Waals surface area contributed by atoms with Crippen LogP contribution < -0.4 is 5.32 Å². The molecule has 1 rings (SSSR count). The zero-order valence-electron chi connectivity index (χ0n) is 14.0. The molecule has 1 N–H and O–H groups in total. The molecule has 0 radical (unpaired) electrons. The summed E-state index contributed by atoms with van der Waals surface area (Å²) < 4.78 is 28.2. The first-order chi connectivity index (χ1) is 9.89. The molecule has 1 atom stereocenters. The molecule has 0 aromatic rings. The van der Waals surface area contributed by atoms with Crippen molar-refractivity contribution in [3.63, 3.8) is 0 Å². The van der Waals surface area contributed by atoms with Gasteiger partial charge in [-0.15, -0.1) is 0 Å². The molecule has 0 saturated carbocycles. The smallest absolute Gasteiger partial charge is 0.281 e. The standard InChI is InChI=1S/C14H32N4O2S/c1-5-9-15-10-7-12-17(3)21(19,20)18(4)14-8-6-11-16(2)13-14/h14-15H,5-13H2,1-4H3. The minimum Gasteiger partial charge on any atom is -0.317 e. The Balaban J connectivity index is 2.46. The summed E-state index contributed by atoms with van der Waals surface area (Å²) in [4.78, 5) is 2.20. The van der Waals surface area contributed by atoms with Crippen molar-refractivity contribution in [1.29, 1.82) is 0 Å². The van der Waals surface area contributed by atoms with Crippen LogP contribution in [0.15, 0.2) is 0 Å². The minimum atomic E-state index is -3.34. The molecule has 21 heavy (non-hydrogen) atoms. The molecule has 0 amide bonds. The number of hydrogen-bond donors (Lipinski definition) is 1. The molecule has 1 unspecified atom stereocenters. The van der Waals surface area contributed by atoms with E-state index in [1.807, 2.05) is 0 Å². The highest BCUT2D eigenvalue weighted by molar-refractivity contribution is 7.86. The van der Waals surface area contributed by atoms with Gasteiger partial charge in [-0.05, 0) is 52.4 Å². The zero-order valence-corrected chi connectivity index (χ0v) is 14.8. The number of likely N-dealkylation sites (N-methyl/N-ethyl adjacent to an activating group) is 2. The Morgan fingerprint density at radius 2 is 2.00 bits per heavy atom. The highest BCUT2D eigenvalue weighted by Gasteiger charge is 2.31. The molecule has 0 aromatic carbocycles. The molecule has 1 fully saturated rings. The van der Waals surface area contributed by atoms with Gasteiger partial charge in [0.2, 0.25) is 0 Å². The van der Waals surface area contributed by atoms with Gasteiger partial charge in [-0.25, -0.2) is 0 Å². The third-order valence-corrected chi connectivity index (χ3v) is 6.12. The van der Waals surface area contributed by atoms with Crippen LogP contribution in [-0.2, 0) is 10.2 Å². The Kier molecular flexibility index (Phi) is 8.12. The molecule has 1 heterocycles. The van der Waals surface area contributed by atoms with Gasteiger partial charge in [-0.1, -0.05) is 6.92 Å². The van der Waals surface area contributed by atoms with E-state index >= 15 is 0 Å². The van der Waals surface area contributed by atoms with Crippen molar-refractivity contribution in [1.82, 2.24) is 18.8 Å². The molecule has 126 valence electrons. The lowest BCUT2D eigenvalue weighted by Gasteiger charge is -2.36. The van der Waals surface area contributed by atoms with Crippen molar-refractivity contribution < 1.29 is 8.42 Å². The first kappa shape index (κ1) is 18.8. The van der Waals surface area contributed by atoms with Gasteiger partial charge in [0.15, 0.2) is 0 Å². The Morgan fingerprint density at radius 1 is 1.29 bits per heavy atom. The molecule has 6 nitrogen and oxygen atoms in total. The molecular formula is C14H32N4O2S. The molecule has 1 saturated heterocycles. The van der Waals surface area contributed by atoms with E-state index in [1.54, 1.807) is 18.4 Å². The average molecular weight is 321 g/mol. The SMILES string of the molecule is CCCNCCCN(C)S(=O)(=O)N(C)C1CCCN(C)C1. The lowest BCUT2D eigenvalue weighted by atomic mass is 10.1. The van der Waals surface area contributed by atoms with Crippen molar-refractivity contribution in [2.45, 2.75) is 38.6 Å². The third-order valence-electron chi connectivity index (χ3n) is 4.12. The molecule has 1 aliphatic heterocycles. The van der Waals surface area contributed by atoms with Crippen LogP contribution in [0.5, 0.6) is 0 Å². The van der Waals surface area contributed by atoms with Crippen LogP contribution >= 0.6 is 0 Å². The summed E-state index contributed by atoms with van der Waals surface area (Å²) in [6.45, 7) is 6.42. The molecule has 0 bridgehead atoms. The van der Waals surface area contributed by atoms with Crippen LogP contribution in [0.3, 0.4) is 0 Å². The van der Waals surface area contributed by atoms with E-state index in [1.165, 1.54) is 4.31 Å². The van der Waals surface area contributed by atoms with Gasteiger partial charge < -0.3 is 10.2 Å². The number of nitrogens with zero attached hydrogens (tertiary/aromatic N) is 3. The van der Waals surface area contributed by atoms with Gasteiger partial charge in [0.1, 0.15) is 0 Å². The Bertz CT molecular complexity index is 388. The van der Waals surface area contributed by atoms with Crippen molar-refractivity contribution in [2.24, 2.45) is 0 Å². The maximum atomic E-state index is 12.6. The van der Waals surface area contributed by atoms with Crippen LogP contribution in [0.25, 0.3) is 0 Å². The topological polar surface area (TPSA) is 55.9 Å². The van der Waals surface area contributed by atoms with Crippen molar-refractivity contribution in [3.8, 4) is 0 Å². The molecule has 0 aromatic heterocycles. The molecule has 7 heteroatoms. The maximum Gasteiger partial charge on any atom is 0.281 e. The second-order valence-corrected chi connectivity index (χ2v) is 8.10. The Hall–Kier alpha value is -0.210. The summed E-state index contributed by atoms with van der Waals surface area (Å²) in [7, 11) is 2.10. The summed E-state index contributed by atoms with van der Waals surface area (Å²) in [5.74, 6) is 0. The molecule has 1 aliphatic rings. The van der Waals surface area contributed by atoms with Crippen LogP contribution in [0, 0.1) is 0 Å². The van der Waals surface area contributed by atoms with E-state index in [-0.39, 0.29) is 6.04 Å². The largest absolute Gasteiger partial charge is 0.317 e. The fourth-order valence-corrected chi connectivity index (χ4v) is 4.04. The summed E-state index contributed by atoms with van der Waals surface area (Å²) in [5.41, 5.74) is 0. The second kappa shape index (κ2) is 9.05. The van der Waals surface area contributed by atoms with E-state index in [4.69, 9.17) is 0 Å². The van der Waals surface area contributed by atoms with E-state index in [0.29, 0.717) is 6.54 Å². The molecule has 0 aliphatic carbocycles. The summed E-state index contributed by atoms with van der Waals surface area (Å²) in [6.07, 6.45) is 3.96. The lowest BCUT2D eigenvalue weighted by molar-refractivity contribution is 0.182. The fraction of sp³-hybridized carbons (Fsp3) is 1.00. The number of rotatable bonds is 9. The molecular weight excluding hydrogens is 288 g/mol. The maximum absolute atomic E-state index is 12.6. The first-order valence-corrected chi connectivity index (χ1v) is 9.37. The summed E-state index contributed by atoms with van der Waals surface area (Å²) in [6, 6.07) is 0.0921. The van der Waals surface area contributed by atoms with E-state index < -0.39 is 10.2 Å². The van der Waals surface area contributed by atoms with Crippen LogP contribution in [0.2, 0.25) is 0 Å². The van der Waals surface area contributed by atoms with Crippen molar-refractivity contribution >= 4 is 10.2 Å². The normalized spacial score (nSPS) is 21.3. The number of piperidine rings is 1. The van der Waals surface area contributed by atoms with E-state index in [9.17, 15) is 8.42 Å². The monoisotopic (exact) mass is 320 g/mol. The molecule has 0 spiro atoms. The van der Waals surface area contributed by atoms with E-state index in [2.05, 4.69) is 24.2 Å². The number of likely N-dealkylation sites (tertiary alicyclic amines) is 1. The quantitative estimate of drug-likeness (QED) is 0.632. The van der Waals surface area contributed by atoms with Crippen LogP contribution in [-0.4, -0.2) is 81.8 Å². The fourth-order valence-electron chi connectivity index (χ4n) is 2.69. The minimum absolute atomic E-state index is 0.0921. The third kappa shape index (κ3) is 5.83. The van der Waals surface area contributed by atoms with Gasteiger partial charge in [0.05, 0.1) is 0 Å². The Morgan fingerprint density at radius 3 is 2.62 bits per heavy atom. The highest BCUT2D eigenvalue weighted by Crippen LogP contribution is 2.17. The van der Waals surface area contributed by atoms with Gasteiger partial charge in [-0.3, -0.25) is 0 Å².